The number of likely N-dealkylation sites (tertiary alicyclic amines) is 1. The largest absolute Gasteiger partial charge is 0.486 e. The molecule has 1 aromatic rings. The molecule has 6 nitrogen and oxygen atoms in total. The number of para-hydroxylation sites is 2. The van der Waals surface area contributed by atoms with E-state index >= 15 is 0 Å². The number of guanidine groups is 1. The van der Waals surface area contributed by atoms with E-state index in [9.17, 15) is 0 Å². The molecule has 0 saturated carbocycles. The fourth-order valence-corrected chi connectivity index (χ4v) is 3.52. The van der Waals surface area contributed by atoms with Gasteiger partial charge in [0.05, 0.1) is 13.1 Å². The summed E-state index contributed by atoms with van der Waals surface area (Å²) < 4.78 is 11.8. The van der Waals surface area contributed by atoms with Crippen LogP contribution in [0.2, 0.25) is 0 Å². The Hall–Kier alpha value is -1.95. The highest BCUT2D eigenvalue weighted by Crippen LogP contribution is 2.30. The summed E-state index contributed by atoms with van der Waals surface area (Å²) in [6.07, 6.45) is 3.76. The van der Waals surface area contributed by atoms with Crippen LogP contribution >= 0.6 is 0 Å². The van der Waals surface area contributed by atoms with Gasteiger partial charge in [-0.2, -0.15) is 0 Å². The molecule has 26 heavy (non-hydrogen) atoms. The Labute approximate surface area is 157 Å². The van der Waals surface area contributed by atoms with Gasteiger partial charge < -0.3 is 20.1 Å². The number of hydrogen-bond acceptors (Lipinski definition) is 4. The summed E-state index contributed by atoms with van der Waals surface area (Å²) in [6, 6.07) is 8.35. The van der Waals surface area contributed by atoms with Gasteiger partial charge in [0.1, 0.15) is 12.7 Å². The number of benzene rings is 1. The maximum atomic E-state index is 6.01. The summed E-state index contributed by atoms with van der Waals surface area (Å²) in [5.74, 6) is 2.49. The van der Waals surface area contributed by atoms with Crippen LogP contribution in [-0.4, -0.2) is 62.3 Å². The molecule has 0 radical (unpaired) electrons. The molecular weight excluding hydrogens is 328 g/mol. The first-order chi connectivity index (χ1) is 12.8. The number of ether oxygens (including phenoxy) is 2. The Kier molecular flexibility index (Phi) is 7.00. The van der Waals surface area contributed by atoms with E-state index in [1.165, 1.54) is 25.9 Å². The summed E-state index contributed by atoms with van der Waals surface area (Å²) in [5, 5.41) is 6.74. The van der Waals surface area contributed by atoms with Crippen molar-refractivity contribution in [2.24, 2.45) is 4.99 Å². The quantitative estimate of drug-likeness (QED) is 0.577. The molecule has 6 heteroatoms. The number of rotatable bonds is 7. The minimum Gasteiger partial charge on any atom is -0.486 e. The third-order valence-corrected chi connectivity index (χ3v) is 5.00. The minimum absolute atomic E-state index is 0.0192. The molecule has 3 rings (SSSR count). The molecule has 2 aliphatic heterocycles. The molecule has 0 amide bonds. The Morgan fingerprint density at radius 2 is 1.96 bits per heavy atom. The molecule has 1 fully saturated rings. The molecule has 2 N–H and O–H groups in total. The summed E-state index contributed by atoms with van der Waals surface area (Å²) in [4.78, 5) is 7.39. The van der Waals surface area contributed by atoms with Crippen LogP contribution in [0.1, 0.15) is 33.1 Å². The number of nitrogens with zero attached hydrogens (tertiary/aromatic N) is 2. The molecule has 0 bridgehead atoms. The second kappa shape index (κ2) is 9.67. The first kappa shape index (κ1) is 18.8. The van der Waals surface area contributed by atoms with Gasteiger partial charge in [0, 0.05) is 12.6 Å². The summed E-state index contributed by atoms with van der Waals surface area (Å²) in [6.45, 7) is 9.66. The fourth-order valence-electron chi connectivity index (χ4n) is 3.52. The first-order valence-corrected chi connectivity index (χ1v) is 9.94. The van der Waals surface area contributed by atoms with Crippen molar-refractivity contribution in [2.75, 3.05) is 39.3 Å². The molecule has 144 valence electrons. The highest BCUT2D eigenvalue weighted by atomic mass is 16.6. The van der Waals surface area contributed by atoms with Crippen LogP contribution in [0.5, 0.6) is 11.5 Å². The van der Waals surface area contributed by atoms with Gasteiger partial charge in [-0.15, -0.1) is 0 Å². The van der Waals surface area contributed by atoms with Crippen molar-refractivity contribution in [3.63, 3.8) is 0 Å². The molecule has 1 saturated heterocycles. The molecule has 2 heterocycles. The molecule has 2 aliphatic rings. The maximum Gasteiger partial charge on any atom is 0.191 e. The highest BCUT2D eigenvalue weighted by molar-refractivity contribution is 5.79. The fraction of sp³-hybridized carbons (Fsp3) is 0.650. The lowest BCUT2D eigenvalue weighted by Gasteiger charge is -2.27. The van der Waals surface area contributed by atoms with E-state index in [-0.39, 0.29) is 6.10 Å². The van der Waals surface area contributed by atoms with Crippen molar-refractivity contribution < 1.29 is 9.47 Å². The summed E-state index contributed by atoms with van der Waals surface area (Å²) in [5.41, 5.74) is 0. The third kappa shape index (κ3) is 5.04. The van der Waals surface area contributed by atoms with E-state index in [0.29, 0.717) is 19.2 Å². The van der Waals surface area contributed by atoms with Crippen LogP contribution in [0.4, 0.5) is 0 Å². The maximum absolute atomic E-state index is 6.01. The van der Waals surface area contributed by atoms with Crippen LogP contribution in [-0.2, 0) is 0 Å². The van der Waals surface area contributed by atoms with E-state index in [2.05, 4.69) is 29.4 Å². The summed E-state index contributed by atoms with van der Waals surface area (Å²) >= 11 is 0. The average Bonchev–Trinajstić information content (AvgIpc) is 3.21. The van der Waals surface area contributed by atoms with Gasteiger partial charge in [-0.05, 0) is 51.4 Å². The lowest BCUT2D eigenvalue weighted by Crippen LogP contribution is -2.46. The lowest BCUT2D eigenvalue weighted by atomic mass is 10.2. The molecule has 0 aliphatic carbocycles. The highest BCUT2D eigenvalue weighted by Gasteiger charge is 2.22. The predicted octanol–water partition coefficient (Wildman–Crippen LogP) is 2.26. The first-order valence-electron chi connectivity index (χ1n) is 9.94. The van der Waals surface area contributed by atoms with Crippen LogP contribution in [0.15, 0.2) is 29.3 Å². The number of aliphatic imine (C=N–C) groups is 1. The van der Waals surface area contributed by atoms with Crippen molar-refractivity contribution in [3.05, 3.63) is 24.3 Å². The molecule has 2 unspecified atom stereocenters. The number of hydrogen-bond donors (Lipinski definition) is 2. The number of fused-ring (bicyclic) bond motifs is 1. The Morgan fingerprint density at radius 1 is 1.19 bits per heavy atom. The van der Waals surface area contributed by atoms with E-state index < -0.39 is 0 Å². The minimum atomic E-state index is -0.0192. The second-order valence-electron chi connectivity index (χ2n) is 6.90. The van der Waals surface area contributed by atoms with E-state index in [1.807, 2.05) is 24.3 Å². The molecule has 0 spiro atoms. The topological polar surface area (TPSA) is 58.1 Å². The average molecular weight is 361 g/mol. The molecule has 0 aromatic heterocycles. The zero-order chi connectivity index (χ0) is 18.2. The van der Waals surface area contributed by atoms with Crippen molar-refractivity contribution in [1.29, 1.82) is 0 Å². The Balaban J connectivity index is 1.51. The van der Waals surface area contributed by atoms with Gasteiger partial charge in [-0.25, -0.2) is 0 Å². The monoisotopic (exact) mass is 360 g/mol. The van der Waals surface area contributed by atoms with Crippen molar-refractivity contribution in [2.45, 2.75) is 45.3 Å². The normalized spacial score (nSPS) is 21.5. The predicted molar refractivity (Wildman–Crippen MR) is 105 cm³/mol. The van der Waals surface area contributed by atoms with E-state index in [4.69, 9.17) is 14.5 Å². The molecule has 2 atom stereocenters. The van der Waals surface area contributed by atoms with Gasteiger partial charge in [-0.3, -0.25) is 9.89 Å². The lowest BCUT2D eigenvalue weighted by molar-refractivity contribution is 0.0936. The van der Waals surface area contributed by atoms with Crippen molar-refractivity contribution >= 4 is 5.96 Å². The SMILES string of the molecule is CCNC(=NCC(CC)N1CCCC1)NCC1COc2ccccc2O1. The Morgan fingerprint density at radius 3 is 2.69 bits per heavy atom. The van der Waals surface area contributed by atoms with Crippen LogP contribution < -0.4 is 20.1 Å². The van der Waals surface area contributed by atoms with Crippen LogP contribution in [0.25, 0.3) is 0 Å². The van der Waals surface area contributed by atoms with Crippen molar-refractivity contribution in [1.82, 2.24) is 15.5 Å². The van der Waals surface area contributed by atoms with Crippen LogP contribution in [0, 0.1) is 0 Å². The van der Waals surface area contributed by atoms with Gasteiger partial charge in [0.25, 0.3) is 0 Å². The van der Waals surface area contributed by atoms with E-state index in [1.54, 1.807) is 0 Å². The van der Waals surface area contributed by atoms with Gasteiger partial charge in [0.15, 0.2) is 17.5 Å². The zero-order valence-electron chi connectivity index (χ0n) is 16.0. The molecule has 1 aromatic carbocycles. The van der Waals surface area contributed by atoms with Gasteiger partial charge >= 0.3 is 0 Å². The second-order valence-corrected chi connectivity index (χ2v) is 6.90. The zero-order valence-corrected chi connectivity index (χ0v) is 16.0. The number of nitrogens with one attached hydrogen (secondary N) is 2. The smallest absolute Gasteiger partial charge is 0.191 e. The standard InChI is InChI=1S/C20H32N4O2/c1-3-16(24-11-7-8-12-24)13-22-20(21-4-2)23-14-17-15-25-18-9-5-6-10-19(18)26-17/h5-6,9-10,16-17H,3-4,7-8,11-15H2,1-2H3,(H2,21,22,23). The Bertz CT molecular complexity index is 587. The van der Waals surface area contributed by atoms with Gasteiger partial charge in [-0.1, -0.05) is 19.1 Å². The van der Waals surface area contributed by atoms with Crippen LogP contribution in [0.3, 0.4) is 0 Å². The van der Waals surface area contributed by atoms with E-state index in [0.717, 1.165) is 37.0 Å². The third-order valence-electron chi connectivity index (χ3n) is 5.00. The molecular formula is C20H32N4O2. The summed E-state index contributed by atoms with van der Waals surface area (Å²) in [7, 11) is 0. The van der Waals surface area contributed by atoms with Gasteiger partial charge in [0.2, 0.25) is 0 Å². The van der Waals surface area contributed by atoms with Crippen molar-refractivity contribution in [3.8, 4) is 11.5 Å².